The molecule has 2 heteroatoms. The fraction of sp³-hybridized carbons (Fsp3) is 0.529. The molecule has 1 unspecified atom stereocenters. The van der Waals surface area contributed by atoms with Crippen LogP contribution in [0.25, 0.3) is 0 Å². The van der Waals surface area contributed by atoms with Gasteiger partial charge in [-0.05, 0) is 54.5 Å². The molecule has 102 valence electrons. The van der Waals surface area contributed by atoms with Crippen LogP contribution in [0.2, 0.25) is 0 Å². The summed E-state index contributed by atoms with van der Waals surface area (Å²) in [7, 11) is 2.27. The lowest BCUT2D eigenvalue weighted by atomic mass is 9.90. The Balaban J connectivity index is 1.67. The molecule has 1 aliphatic heterocycles. The lowest BCUT2D eigenvalue weighted by Gasteiger charge is -2.22. The minimum atomic E-state index is 1.03. The van der Waals surface area contributed by atoms with E-state index in [0.29, 0.717) is 0 Å². The molecule has 0 amide bonds. The average molecular weight is 257 g/mol. The van der Waals surface area contributed by atoms with E-state index in [1.807, 2.05) is 0 Å². The Labute approximate surface area is 116 Å². The van der Waals surface area contributed by atoms with Crippen molar-refractivity contribution in [2.45, 2.75) is 32.1 Å². The van der Waals surface area contributed by atoms with E-state index in [4.69, 9.17) is 0 Å². The summed E-state index contributed by atoms with van der Waals surface area (Å²) in [6.45, 7) is 3.49. The number of fused-ring (bicyclic) bond motifs is 1. The number of hydrogen-bond acceptors (Lipinski definition) is 1. The molecule has 1 atom stereocenters. The lowest BCUT2D eigenvalue weighted by Crippen LogP contribution is -3.09. The van der Waals surface area contributed by atoms with E-state index in [1.54, 1.807) is 21.6 Å². The summed E-state index contributed by atoms with van der Waals surface area (Å²) in [5.74, 6) is 0. The Morgan fingerprint density at radius 2 is 2.05 bits per heavy atom. The Morgan fingerprint density at radius 1 is 1.16 bits per heavy atom. The van der Waals surface area contributed by atoms with E-state index < -0.39 is 0 Å². The smallest absolute Gasteiger partial charge is 0.0959 e. The number of aryl methyl sites for hydroxylation is 1. The van der Waals surface area contributed by atoms with Gasteiger partial charge in [0, 0.05) is 18.7 Å². The molecule has 0 saturated carbocycles. The van der Waals surface area contributed by atoms with Gasteiger partial charge >= 0.3 is 0 Å². The first-order valence-corrected chi connectivity index (χ1v) is 7.67. The van der Waals surface area contributed by atoms with Crippen LogP contribution in [-0.2, 0) is 12.8 Å². The Kier molecular flexibility index (Phi) is 3.88. The molecule has 0 aromatic heterocycles. The zero-order valence-electron chi connectivity index (χ0n) is 12.0. The largest absolute Gasteiger partial charge is 0.381 e. The molecule has 1 aliphatic carbocycles. The molecular formula is C17H25N2+. The van der Waals surface area contributed by atoms with Gasteiger partial charge in [-0.15, -0.1) is 0 Å². The van der Waals surface area contributed by atoms with Gasteiger partial charge in [-0.3, -0.25) is 0 Å². The second-order valence-electron chi connectivity index (χ2n) is 6.03. The minimum Gasteiger partial charge on any atom is -0.381 e. The maximum atomic E-state index is 3.68. The second-order valence-corrected chi connectivity index (χ2v) is 6.03. The first kappa shape index (κ1) is 12.7. The van der Waals surface area contributed by atoms with Gasteiger partial charge in [0.2, 0.25) is 0 Å². The van der Waals surface area contributed by atoms with E-state index in [9.17, 15) is 0 Å². The second kappa shape index (κ2) is 5.79. The fourth-order valence-corrected chi connectivity index (χ4v) is 3.21. The van der Waals surface area contributed by atoms with Crippen LogP contribution in [0.1, 0.15) is 30.4 Å². The van der Waals surface area contributed by atoms with E-state index >= 15 is 0 Å². The highest BCUT2D eigenvalue weighted by atomic mass is 15.1. The standard InChI is InChI=1S/C17H24N2/c1-19-11-9-14(10-12-19)13-18-17-8-4-6-15-5-2-3-7-16(15)17/h4,6,8-9,18H,2-3,5,7,10-13H2,1H3/p+1. The van der Waals surface area contributed by atoms with Crippen LogP contribution >= 0.6 is 0 Å². The molecule has 1 aromatic carbocycles. The Morgan fingerprint density at radius 3 is 2.89 bits per heavy atom. The van der Waals surface area contributed by atoms with Crippen molar-refractivity contribution < 1.29 is 4.90 Å². The quantitative estimate of drug-likeness (QED) is 0.790. The van der Waals surface area contributed by atoms with Gasteiger partial charge in [0.05, 0.1) is 20.1 Å². The minimum absolute atomic E-state index is 1.03. The van der Waals surface area contributed by atoms with Crippen LogP contribution in [0.5, 0.6) is 0 Å². The highest BCUT2D eigenvalue weighted by Gasteiger charge is 2.14. The Bertz CT molecular complexity index is 476. The van der Waals surface area contributed by atoms with Crippen molar-refractivity contribution in [3.63, 3.8) is 0 Å². The van der Waals surface area contributed by atoms with Gasteiger partial charge in [0.15, 0.2) is 0 Å². The summed E-state index contributed by atoms with van der Waals surface area (Å²) in [5, 5.41) is 3.68. The van der Waals surface area contributed by atoms with Gasteiger partial charge in [-0.1, -0.05) is 12.1 Å². The lowest BCUT2D eigenvalue weighted by molar-refractivity contribution is -0.874. The number of hydrogen-bond donors (Lipinski definition) is 2. The number of anilines is 1. The molecule has 0 saturated heterocycles. The van der Waals surface area contributed by atoms with Crippen molar-refractivity contribution in [1.82, 2.24) is 0 Å². The first-order valence-electron chi connectivity index (χ1n) is 7.67. The summed E-state index contributed by atoms with van der Waals surface area (Å²) in [6, 6.07) is 6.77. The molecule has 1 heterocycles. The first-order chi connectivity index (χ1) is 9.33. The average Bonchev–Trinajstić information content (AvgIpc) is 2.47. The number of rotatable bonds is 3. The molecule has 0 spiro atoms. The summed E-state index contributed by atoms with van der Waals surface area (Å²) < 4.78 is 0. The van der Waals surface area contributed by atoms with Crippen molar-refractivity contribution >= 4 is 5.69 Å². The molecule has 0 radical (unpaired) electrons. The fourth-order valence-electron chi connectivity index (χ4n) is 3.21. The molecule has 1 aromatic rings. The van der Waals surface area contributed by atoms with Crippen LogP contribution in [0.3, 0.4) is 0 Å². The summed E-state index contributed by atoms with van der Waals surface area (Å²) >= 11 is 0. The van der Waals surface area contributed by atoms with Gasteiger partial charge in [0.1, 0.15) is 0 Å². The van der Waals surface area contributed by atoms with Crippen molar-refractivity contribution in [3.8, 4) is 0 Å². The monoisotopic (exact) mass is 257 g/mol. The predicted molar refractivity (Wildman–Crippen MR) is 80.9 cm³/mol. The number of benzene rings is 1. The van der Waals surface area contributed by atoms with E-state index in [2.05, 4.69) is 36.6 Å². The summed E-state index contributed by atoms with van der Waals surface area (Å²) in [5.41, 5.74) is 6.11. The van der Waals surface area contributed by atoms with E-state index in [0.717, 1.165) is 6.54 Å². The molecule has 2 nitrogen and oxygen atoms in total. The van der Waals surface area contributed by atoms with Crippen LogP contribution < -0.4 is 10.2 Å². The molecule has 3 rings (SSSR count). The SMILES string of the molecule is C[NH+]1CC=C(CNc2cccc3c2CCCC3)CC1. The number of nitrogens with one attached hydrogen (secondary N) is 2. The highest BCUT2D eigenvalue weighted by molar-refractivity contribution is 5.56. The summed E-state index contributed by atoms with van der Waals surface area (Å²) in [4.78, 5) is 1.63. The third kappa shape index (κ3) is 3.01. The van der Waals surface area contributed by atoms with Crippen LogP contribution in [0, 0.1) is 0 Å². The highest BCUT2D eigenvalue weighted by Crippen LogP contribution is 2.28. The van der Waals surface area contributed by atoms with Crippen molar-refractivity contribution in [3.05, 3.63) is 41.0 Å². The van der Waals surface area contributed by atoms with Crippen molar-refractivity contribution in [1.29, 1.82) is 0 Å². The van der Waals surface area contributed by atoms with Gasteiger partial charge in [-0.25, -0.2) is 0 Å². The zero-order chi connectivity index (χ0) is 13.1. The van der Waals surface area contributed by atoms with Crippen molar-refractivity contribution in [2.24, 2.45) is 0 Å². The third-order valence-corrected chi connectivity index (χ3v) is 4.51. The topological polar surface area (TPSA) is 16.5 Å². The van der Waals surface area contributed by atoms with E-state index in [1.165, 1.54) is 50.9 Å². The molecule has 19 heavy (non-hydrogen) atoms. The molecule has 0 bridgehead atoms. The molecule has 0 fully saturated rings. The predicted octanol–water partition coefficient (Wildman–Crippen LogP) is 1.82. The third-order valence-electron chi connectivity index (χ3n) is 4.51. The molecule has 2 aliphatic rings. The van der Waals surface area contributed by atoms with Gasteiger partial charge in [-0.2, -0.15) is 0 Å². The molecule has 2 N–H and O–H groups in total. The van der Waals surface area contributed by atoms with Crippen LogP contribution in [0.4, 0.5) is 5.69 Å². The maximum absolute atomic E-state index is 3.68. The maximum Gasteiger partial charge on any atom is 0.0959 e. The summed E-state index contributed by atoms with van der Waals surface area (Å²) in [6.07, 6.45) is 8.89. The van der Waals surface area contributed by atoms with Gasteiger partial charge < -0.3 is 10.2 Å². The molecular weight excluding hydrogens is 232 g/mol. The van der Waals surface area contributed by atoms with Crippen molar-refractivity contribution in [2.75, 3.05) is 32.0 Å². The number of quaternary nitrogens is 1. The van der Waals surface area contributed by atoms with E-state index in [-0.39, 0.29) is 0 Å². The number of likely N-dealkylation sites (N-methyl/N-ethyl adjacent to an activating group) is 1. The Hall–Kier alpha value is -1.28. The normalized spacial score (nSPS) is 22.6. The van der Waals surface area contributed by atoms with Crippen LogP contribution in [-0.4, -0.2) is 26.7 Å². The van der Waals surface area contributed by atoms with Crippen LogP contribution in [0.15, 0.2) is 29.8 Å². The zero-order valence-corrected chi connectivity index (χ0v) is 12.0. The van der Waals surface area contributed by atoms with Gasteiger partial charge in [0.25, 0.3) is 0 Å².